The van der Waals surface area contributed by atoms with E-state index in [0.29, 0.717) is 0 Å². The number of ketones is 1. The molecule has 2 rings (SSSR count). The highest BCUT2D eigenvalue weighted by atomic mass is 19.4. The van der Waals surface area contributed by atoms with Crippen molar-refractivity contribution in [2.45, 2.75) is 6.18 Å². The van der Waals surface area contributed by atoms with E-state index in [1.54, 1.807) is 18.2 Å². The van der Waals surface area contributed by atoms with Crippen LogP contribution in [0.25, 0.3) is 5.57 Å². The molecule has 0 aliphatic heterocycles. The van der Waals surface area contributed by atoms with Gasteiger partial charge in [-0.1, -0.05) is 42.5 Å². The van der Waals surface area contributed by atoms with Crippen LogP contribution in [0.5, 0.6) is 0 Å². The molecule has 0 fully saturated rings. The number of hydrogen-bond acceptors (Lipinski definition) is 1. The summed E-state index contributed by atoms with van der Waals surface area (Å²) in [5.41, 5.74) is -0.367. The second-order valence-corrected chi connectivity index (χ2v) is 4.30. The van der Waals surface area contributed by atoms with Gasteiger partial charge in [0.25, 0.3) is 0 Å². The summed E-state index contributed by atoms with van der Waals surface area (Å²) in [6.07, 6.45) is -4.70. The number of allylic oxidation sites excluding steroid dienone is 2. The van der Waals surface area contributed by atoms with Gasteiger partial charge in [-0.15, -0.1) is 0 Å². The number of rotatable bonds is 3. The normalized spacial score (nSPS) is 12.3. The second-order valence-electron chi connectivity index (χ2n) is 4.30. The predicted octanol–water partition coefficient (Wildman–Crippen LogP) is 4.65. The number of carbonyl (C=O) groups excluding carboxylic acids is 1. The van der Waals surface area contributed by atoms with Crippen molar-refractivity contribution >= 4 is 11.4 Å². The Hall–Kier alpha value is -2.43. The molecule has 2 aromatic carbocycles. The van der Waals surface area contributed by atoms with E-state index in [0.717, 1.165) is 24.3 Å². The minimum atomic E-state index is -4.64. The second kappa shape index (κ2) is 5.91. The van der Waals surface area contributed by atoms with Crippen LogP contribution in [0, 0.1) is 5.82 Å². The highest BCUT2D eigenvalue weighted by Crippen LogP contribution is 2.27. The maximum absolute atomic E-state index is 12.9. The van der Waals surface area contributed by atoms with Crippen molar-refractivity contribution in [3.05, 3.63) is 77.6 Å². The summed E-state index contributed by atoms with van der Waals surface area (Å²) >= 11 is 0. The zero-order valence-electron chi connectivity index (χ0n) is 10.7. The lowest BCUT2D eigenvalue weighted by Gasteiger charge is -2.09. The molecule has 0 saturated carbocycles. The van der Waals surface area contributed by atoms with Crippen LogP contribution in [0.3, 0.4) is 0 Å². The zero-order valence-corrected chi connectivity index (χ0v) is 10.7. The maximum atomic E-state index is 12.9. The Balaban J connectivity index is 2.50. The Morgan fingerprint density at radius 3 is 1.95 bits per heavy atom. The van der Waals surface area contributed by atoms with Crippen LogP contribution in [0.1, 0.15) is 15.9 Å². The highest BCUT2D eigenvalue weighted by molar-refractivity contribution is 6.29. The molecule has 0 saturated heterocycles. The molecule has 0 spiro atoms. The first-order valence-electron chi connectivity index (χ1n) is 6.02. The van der Waals surface area contributed by atoms with Gasteiger partial charge in [0.15, 0.2) is 5.78 Å². The van der Waals surface area contributed by atoms with Crippen LogP contribution in [0.4, 0.5) is 17.6 Å². The number of halogens is 4. The van der Waals surface area contributed by atoms with E-state index in [1.165, 1.54) is 12.1 Å². The molecule has 0 N–H and O–H groups in total. The van der Waals surface area contributed by atoms with Gasteiger partial charge >= 0.3 is 6.18 Å². The van der Waals surface area contributed by atoms with Gasteiger partial charge in [0.1, 0.15) is 5.82 Å². The molecule has 0 heterocycles. The largest absolute Gasteiger partial charge is 0.410 e. The molecule has 1 nitrogen and oxygen atoms in total. The number of hydrogen-bond donors (Lipinski definition) is 0. The van der Waals surface area contributed by atoms with Crippen LogP contribution in [0.15, 0.2) is 60.7 Å². The first-order valence-corrected chi connectivity index (χ1v) is 6.02. The van der Waals surface area contributed by atoms with E-state index in [-0.39, 0.29) is 17.2 Å². The SMILES string of the molecule is O=C(/C(=C\C(F)(F)F)c1ccc(F)cc1)c1ccccc1. The fourth-order valence-electron chi connectivity index (χ4n) is 1.82. The Labute approximate surface area is 118 Å². The first-order chi connectivity index (χ1) is 9.87. The van der Waals surface area contributed by atoms with Crippen molar-refractivity contribution in [2.24, 2.45) is 0 Å². The van der Waals surface area contributed by atoms with E-state index >= 15 is 0 Å². The third kappa shape index (κ3) is 4.02. The molecule has 0 amide bonds. The molecule has 0 atom stereocenters. The van der Waals surface area contributed by atoms with E-state index in [4.69, 9.17) is 0 Å². The van der Waals surface area contributed by atoms with Gasteiger partial charge in [-0.3, -0.25) is 4.79 Å². The Morgan fingerprint density at radius 2 is 1.43 bits per heavy atom. The number of alkyl halides is 3. The summed E-state index contributed by atoms with van der Waals surface area (Å²) in [5, 5.41) is 0. The summed E-state index contributed by atoms with van der Waals surface area (Å²) in [5.74, 6) is -1.35. The predicted molar refractivity (Wildman–Crippen MR) is 71.2 cm³/mol. The molecule has 108 valence electrons. The van der Waals surface area contributed by atoms with Crippen molar-refractivity contribution in [1.29, 1.82) is 0 Å². The van der Waals surface area contributed by atoms with Gasteiger partial charge < -0.3 is 0 Å². The molecular weight excluding hydrogens is 284 g/mol. The summed E-state index contributed by atoms with van der Waals surface area (Å²) in [4.78, 5) is 12.2. The first kappa shape index (κ1) is 15.0. The van der Waals surface area contributed by atoms with Crippen molar-refractivity contribution in [3.63, 3.8) is 0 Å². The quantitative estimate of drug-likeness (QED) is 0.457. The summed E-state index contributed by atoms with van der Waals surface area (Å²) in [6.45, 7) is 0. The van der Waals surface area contributed by atoms with Gasteiger partial charge in [-0.25, -0.2) is 4.39 Å². The summed E-state index contributed by atoms with van der Waals surface area (Å²) < 4.78 is 50.8. The standard InChI is InChI=1S/C16H10F4O/c17-13-8-6-11(7-9-13)14(10-16(18,19)20)15(21)12-4-2-1-3-5-12/h1-10H/b14-10-. The van der Waals surface area contributed by atoms with Crippen LogP contribution in [-0.4, -0.2) is 12.0 Å². The molecule has 0 aliphatic carbocycles. The lowest BCUT2D eigenvalue weighted by atomic mass is 9.96. The molecule has 0 unspecified atom stereocenters. The number of carbonyl (C=O) groups is 1. The molecule has 21 heavy (non-hydrogen) atoms. The fourth-order valence-corrected chi connectivity index (χ4v) is 1.82. The van der Waals surface area contributed by atoms with Gasteiger partial charge in [0, 0.05) is 17.2 Å². The molecular formula is C16H10F4O. The number of benzene rings is 2. The lowest BCUT2D eigenvalue weighted by molar-refractivity contribution is -0.0793. The van der Waals surface area contributed by atoms with E-state index in [9.17, 15) is 22.4 Å². The average molecular weight is 294 g/mol. The lowest BCUT2D eigenvalue weighted by Crippen LogP contribution is -2.09. The smallest absolute Gasteiger partial charge is 0.289 e. The van der Waals surface area contributed by atoms with E-state index in [1.807, 2.05) is 0 Å². The summed E-state index contributed by atoms with van der Waals surface area (Å²) in [7, 11) is 0. The maximum Gasteiger partial charge on any atom is 0.410 e. The zero-order chi connectivity index (χ0) is 15.5. The summed E-state index contributed by atoms with van der Waals surface area (Å²) in [6, 6.07) is 11.9. The van der Waals surface area contributed by atoms with Crippen molar-refractivity contribution in [2.75, 3.05) is 0 Å². The van der Waals surface area contributed by atoms with Crippen LogP contribution in [-0.2, 0) is 0 Å². The molecule has 0 aromatic heterocycles. The third-order valence-electron chi connectivity index (χ3n) is 2.74. The van der Waals surface area contributed by atoms with Crippen molar-refractivity contribution < 1.29 is 22.4 Å². The minimum Gasteiger partial charge on any atom is -0.289 e. The van der Waals surface area contributed by atoms with Crippen molar-refractivity contribution in [1.82, 2.24) is 0 Å². The van der Waals surface area contributed by atoms with Crippen LogP contribution in [0.2, 0.25) is 0 Å². The molecule has 5 heteroatoms. The van der Waals surface area contributed by atoms with Gasteiger partial charge in [0.05, 0.1) is 0 Å². The topological polar surface area (TPSA) is 17.1 Å². The minimum absolute atomic E-state index is 0.0163. The molecule has 0 radical (unpaired) electrons. The Bertz CT molecular complexity index is 655. The molecule has 0 aliphatic rings. The Morgan fingerprint density at radius 1 is 0.857 bits per heavy atom. The molecule has 2 aromatic rings. The van der Waals surface area contributed by atoms with E-state index in [2.05, 4.69) is 0 Å². The Kier molecular flexibility index (Phi) is 4.21. The fraction of sp³-hybridized carbons (Fsp3) is 0.0625. The highest BCUT2D eigenvalue weighted by Gasteiger charge is 2.28. The van der Waals surface area contributed by atoms with Crippen LogP contribution >= 0.6 is 0 Å². The average Bonchev–Trinajstić information content (AvgIpc) is 2.45. The van der Waals surface area contributed by atoms with Gasteiger partial charge in [-0.05, 0) is 17.7 Å². The monoisotopic (exact) mass is 294 g/mol. The third-order valence-corrected chi connectivity index (χ3v) is 2.74. The van der Waals surface area contributed by atoms with E-state index < -0.39 is 23.3 Å². The van der Waals surface area contributed by atoms with Gasteiger partial charge in [0.2, 0.25) is 0 Å². The van der Waals surface area contributed by atoms with Crippen LogP contribution < -0.4 is 0 Å². The number of Topliss-reactive ketones (excluding diaryl/α,β-unsaturated/α-hetero) is 1. The van der Waals surface area contributed by atoms with Crippen molar-refractivity contribution in [3.8, 4) is 0 Å². The molecule has 0 bridgehead atoms. The van der Waals surface area contributed by atoms with Gasteiger partial charge in [-0.2, -0.15) is 13.2 Å².